The molecule has 0 spiro atoms. The predicted octanol–water partition coefficient (Wildman–Crippen LogP) is 4.91. The molecule has 0 aliphatic carbocycles. The monoisotopic (exact) mass is 535 g/mol. The second kappa shape index (κ2) is 12.3. The van der Waals surface area contributed by atoms with Crippen LogP contribution >= 0.6 is 0 Å². The third-order valence-electron chi connectivity index (χ3n) is 6.01. The Bertz CT molecular complexity index is 1320. The summed E-state index contributed by atoms with van der Waals surface area (Å²) in [6.07, 6.45) is 0.371. The average Bonchev–Trinajstić information content (AvgIpc) is 2.88. The van der Waals surface area contributed by atoms with E-state index < -0.39 is 34.1 Å². The number of nitrogens with one attached hydrogen (secondary N) is 1. The Morgan fingerprint density at radius 3 is 1.95 bits per heavy atom. The number of amides is 2. The van der Waals surface area contributed by atoms with Crippen LogP contribution in [0, 0.1) is 6.92 Å². The summed E-state index contributed by atoms with van der Waals surface area (Å²) >= 11 is 0. The van der Waals surface area contributed by atoms with Crippen LogP contribution < -0.4 is 9.62 Å². The molecule has 8 heteroatoms. The average molecular weight is 536 g/mol. The van der Waals surface area contributed by atoms with E-state index in [2.05, 4.69) is 5.32 Å². The van der Waals surface area contributed by atoms with Crippen molar-refractivity contribution in [3.05, 3.63) is 96.1 Å². The molecule has 0 saturated heterocycles. The van der Waals surface area contributed by atoms with Gasteiger partial charge in [0, 0.05) is 12.1 Å². The van der Waals surface area contributed by atoms with E-state index in [4.69, 9.17) is 0 Å². The summed E-state index contributed by atoms with van der Waals surface area (Å²) in [6, 6.07) is 23.5. The molecule has 3 aromatic rings. The van der Waals surface area contributed by atoms with Gasteiger partial charge < -0.3 is 10.2 Å². The fraction of sp³-hybridized carbons (Fsp3) is 0.333. The van der Waals surface area contributed by atoms with Crippen LogP contribution in [0.5, 0.6) is 0 Å². The van der Waals surface area contributed by atoms with E-state index >= 15 is 0 Å². The Morgan fingerprint density at radius 2 is 1.42 bits per heavy atom. The van der Waals surface area contributed by atoms with Crippen molar-refractivity contribution in [3.63, 3.8) is 0 Å². The fourth-order valence-corrected chi connectivity index (χ4v) is 5.54. The number of hydrogen-bond acceptors (Lipinski definition) is 4. The highest BCUT2D eigenvalue weighted by atomic mass is 32.2. The van der Waals surface area contributed by atoms with Crippen molar-refractivity contribution in [2.75, 3.05) is 10.8 Å². The maximum atomic E-state index is 14.0. The molecule has 2 amide bonds. The summed E-state index contributed by atoms with van der Waals surface area (Å²) in [4.78, 5) is 28.9. The predicted molar refractivity (Wildman–Crippen MR) is 151 cm³/mol. The van der Waals surface area contributed by atoms with E-state index in [-0.39, 0.29) is 17.3 Å². The Balaban J connectivity index is 2.03. The lowest BCUT2D eigenvalue weighted by Crippen LogP contribution is -2.55. The first-order valence-corrected chi connectivity index (χ1v) is 14.2. The van der Waals surface area contributed by atoms with Gasteiger partial charge >= 0.3 is 0 Å². The van der Waals surface area contributed by atoms with Crippen molar-refractivity contribution in [2.24, 2.45) is 0 Å². The molecule has 0 saturated carbocycles. The van der Waals surface area contributed by atoms with E-state index in [1.54, 1.807) is 48.5 Å². The maximum absolute atomic E-state index is 14.0. The van der Waals surface area contributed by atoms with Gasteiger partial charge in [-0.2, -0.15) is 0 Å². The van der Waals surface area contributed by atoms with Crippen LogP contribution in [0.2, 0.25) is 0 Å². The molecule has 0 heterocycles. The highest BCUT2D eigenvalue weighted by molar-refractivity contribution is 7.92. The molecule has 3 aromatic carbocycles. The van der Waals surface area contributed by atoms with Crippen LogP contribution in [0.3, 0.4) is 0 Å². The number of rotatable bonds is 10. The van der Waals surface area contributed by atoms with Gasteiger partial charge in [-0.3, -0.25) is 13.9 Å². The van der Waals surface area contributed by atoms with Crippen LogP contribution in [0.25, 0.3) is 0 Å². The van der Waals surface area contributed by atoms with Crippen molar-refractivity contribution in [1.82, 2.24) is 10.2 Å². The van der Waals surface area contributed by atoms with Gasteiger partial charge in [0.2, 0.25) is 11.8 Å². The number of carbonyl (C=O) groups is 2. The zero-order chi connectivity index (χ0) is 27.9. The summed E-state index contributed by atoms with van der Waals surface area (Å²) in [5.74, 6) is -0.748. The van der Waals surface area contributed by atoms with Crippen molar-refractivity contribution < 1.29 is 18.0 Å². The molecule has 0 radical (unpaired) electrons. The Kier molecular flexibility index (Phi) is 9.33. The van der Waals surface area contributed by atoms with E-state index in [0.717, 1.165) is 15.4 Å². The first kappa shape index (κ1) is 28.9. The third kappa shape index (κ3) is 7.44. The zero-order valence-corrected chi connectivity index (χ0v) is 23.5. The lowest BCUT2D eigenvalue weighted by atomic mass is 10.1. The van der Waals surface area contributed by atoms with E-state index in [1.807, 2.05) is 58.9 Å². The Hall–Kier alpha value is -3.65. The summed E-state index contributed by atoms with van der Waals surface area (Å²) in [7, 11) is -4.06. The van der Waals surface area contributed by atoms with E-state index in [9.17, 15) is 18.0 Å². The summed E-state index contributed by atoms with van der Waals surface area (Å²) in [6.45, 7) is 9.19. The largest absolute Gasteiger partial charge is 0.350 e. The molecule has 3 rings (SSSR count). The molecule has 7 nitrogen and oxygen atoms in total. The summed E-state index contributed by atoms with van der Waals surface area (Å²) < 4.78 is 28.6. The van der Waals surface area contributed by atoms with Crippen LogP contribution in [0.1, 0.15) is 45.2 Å². The second-order valence-electron chi connectivity index (χ2n) is 10.3. The molecular formula is C30H37N3O4S. The molecule has 202 valence electrons. The minimum atomic E-state index is -4.06. The molecule has 38 heavy (non-hydrogen) atoms. The number of hydrogen-bond donors (Lipinski definition) is 1. The molecule has 0 unspecified atom stereocenters. The molecule has 0 aliphatic heterocycles. The Morgan fingerprint density at radius 1 is 0.868 bits per heavy atom. The molecule has 0 aliphatic rings. The lowest BCUT2D eigenvalue weighted by molar-refractivity contribution is -0.141. The van der Waals surface area contributed by atoms with Crippen molar-refractivity contribution in [2.45, 2.75) is 64.1 Å². The SMILES string of the molecule is CC[C@H](C(=O)NC(C)(C)C)N(Cc1ccc(C)cc1)C(=O)CN(c1ccccc1)S(=O)(=O)c1ccccc1. The minimum Gasteiger partial charge on any atom is -0.350 e. The van der Waals surface area contributed by atoms with Crippen molar-refractivity contribution in [1.29, 1.82) is 0 Å². The van der Waals surface area contributed by atoms with Gasteiger partial charge in [0.25, 0.3) is 10.0 Å². The minimum absolute atomic E-state index is 0.0826. The quantitative estimate of drug-likeness (QED) is 0.400. The fourth-order valence-electron chi connectivity index (χ4n) is 4.11. The number of carbonyl (C=O) groups excluding carboxylic acids is 2. The highest BCUT2D eigenvalue weighted by Crippen LogP contribution is 2.24. The molecule has 1 atom stereocenters. The number of nitrogens with zero attached hydrogens (tertiary/aromatic N) is 2. The number of benzene rings is 3. The van der Waals surface area contributed by atoms with Crippen LogP contribution in [-0.2, 0) is 26.2 Å². The standard InChI is InChI=1S/C30H37N3O4S/c1-6-27(29(35)31-30(3,4)5)32(21-24-19-17-23(2)18-20-24)28(34)22-33(25-13-9-7-10-14-25)38(36,37)26-15-11-8-12-16-26/h7-20,27H,6,21-22H2,1-5H3,(H,31,35)/t27-/m1/s1. The second-order valence-corrected chi connectivity index (χ2v) is 12.2. The van der Waals surface area contributed by atoms with Gasteiger partial charge in [-0.15, -0.1) is 0 Å². The van der Waals surface area contributed by atoms with E-state index in [1.165, 1.54) is 17.0 Å². The Labute approximate surface area is 226 Å². The lowest BCUT2D eigenvalue weighted by Gasteiger charge is -2.34. The van der Waals surface area contributed by atoms with Gasteiger partial charge in [-0.1, -0.05) is 73.2 Å². The normalized spacial score (nSPS) is 12.4. The first-order chi connectivity index (χ1) is 17.9. The van der Waals surface area contributed by atoms with Crippen LogP contribution in [0.4, 0.5) is 5.69 Å². The summed E-state index contributed by atoms with van der Waals surface area (Å²) in [5, 5.41) is 2.98. The summed E-state index contributed by atoms with van der Waals surface area (Å²) in [5.41, 5.74) is 1.80. The molecule has 1 N–H and O–H groups in total. The van der Waals surface area contributed by atoms with Gasteiger partial charge in [0.15, 0.2) is 0 Å². The topological polar surface area (TPSA) is 86.8 Å². The first-order valence-electron chi connectivity index (χ1n) is 12.7. The number of anilines is 1. The van der Waals surface area contributed by atoms with E-state index in [0.29, 0.717) is 12.1 Å². The van der Waals surface area contributed by atoms with Crippen molar-refractivity contribution in [3.8, 4) is 0 Å². The number of aryl methyl sites for hydroxylation is 1. The third-order valence-corrected chi connectivity index (χ3v) is 7.80. The zero-order valence-electron chi connectivity index (χ0n) is 22.7. The molecule has 0 fully saturated rings. The smallest absolute Gasteiger partial charge is 0.264 e. The number of para-hydroxylation sites is 1. The van der Waals surface area contributed by atoms with Gasteiger partial charge in [0.1, 0.15) is 12.6 Å². The number of sulfonamides is 1. The highest BCUT2D eigenvalue weighted by Gasteiger charge is 2.34. The molecular weight excluding hydrogens is 498 g/mol. The van der Waals surface area contributed by atoms with Gasteiger partial charge in [-0.25, -0.2) is 8.42 Å². The van der Waals surface area contributed by atoms with Crippen molar-refractivity contribution >= 4 is 27.5 Å². The van der Waals surface area contributed by atoms with Crippen LogP contribution in [-0.4, -0.2) is 43.3 Å². The van der Waals surface area contributed by atoms with Crippen LogP contribution in [0.15, 0.2) is 89.8 Å². The molecule has 0 bridgehead atoms. The molecule has 0 aromatic heterocycles. The van der Waals surface area contributed by atoms with Gasteiger partial charge in [0.05, 0.1) is 10.6 Å². The maximum Gasteiger partial charge on any atom is 0.264 e. The van der Waals surface area contributed by atoms with Gasteiger partial charge in [-0.05, 0) is 63.9 Å².